The van der Waals surface area contributed by atoms with Gasteiger partial charge in [-0.15, -0.1) is 0 Å². The number of aliphatic hydroxyl groups is 1. The van der Waals surface area contributed by atoms with E-state index in [1.165, 1.54) is 12.1 Å². The predicted octanol–water partition coefficient (Wildman–Crippen LogP) is 2.68. The highest BCUT2D eigenvalue weighted by Gasteiger charge is 2.06. The SMILES string of the molecule is CCOCCCC(O)c1ccc(F)cc1. The van der Waals surface area contributed by atoms with E-state index < -0.39 is 6.10 Å². The summed E-state index contributed by atoms with van der Waals surface area (Å²) in [5.41, 5.74) is 0.757. The average molecular weight is 212 g/mol. The molecule has 84 valence electrons. The van der Waals surface area contributed by atoms with Crippen LogP contribution in [0.25, 0.3) is 0 Å². The van der Waals surface area contributed by atoms with E-state index in [0.29, 0.717) is 19.6 Å². The monoisotopic (exact) mass is 212 g/mol. The number of aliphatic hydroxyl groups excluding tert-OH is 1. The van der Waals surface area contributed by atoms with Gasteiger partial charge in [-0.25, -0.2) is 4.39 Å². The quantitative estimate of drug-likeness (QED) is 0.734. The van der Waals surface area contributed by atoms with E-state index in [-0.39, 0.29) is 5.82 Å². The largest absolute Gasteiger partial charge is 0.388 e. The molecular formula is C12H17FO2. The van der Waals surface area contributed by atoms with Gasteiger partial charge in [0.25, 0.3) is 0 Å². The van der Waals surface area contributed by atoms with Crippen LogP contribution in [-0.4, -0.2) is 18.3 Å². The maximum atomic E-state index is 12.6. The maximum absolute atomic E-state index is 12.6. The number of rotatable bonds is 6. The Morgan fingerprint density at radius 1 is 1.33 bits per heavy atom. The van der Waals surface area contributed by atoms with Gasteiger partial charge in [-0.2, -0.15) is 0 Å². The molecule has 0 spiro atoms. The number of halogens is 1. The number of hydrogen-bond acceptors (Lipinski definition) is 2. The Morgan fingerprint density at radius 2 is 2.00 bits per heavy atom. The second-order valence-electron chi connectivity index (χ2n) is 3.41. The number of hydrogen-bond donors (Lipinski definition) is 1. The molecular weight excluding hydrogens is 195 g/mol. The Balaban J connectivity index is 2.33. The fraction of sp³-hybridized carbons (Fsp3) is 0.500. The summed E-state index contributed by atoms with van der Waals surface area (Å²) in [7, 11) is 0. The first kappa shape index (κ1) is 12.1. The number of ether oxygens (including phenoxy) is 1. The van der Waals surface area contributed by atoms with Gasteiger partial charge in [0.2, 0.25) is 0 Å². The molecule has 0 aromatic heterocycles. The molecule has 3 heteroatoms. The van der Waals surface area contributed by atoms with Gasteiger partial charge in [-0.3, -0.25) is 0 Å². The first-order chi connectivity index (χ1) is 7.24. The minimum atomic E-state index is -0.522. The summed E-state index contributed by atoms with van der Waals surface area (Å²) in [5.74, 6) is -0.278. The highest BCUT2D eigenvalue weighted by atomic mass is 19.1. The Bertz CT molecular complexity index is 271. The lowest BCUT2D eigenvalue weighted by Gasteiger charge is -2.10. The lowest BCUT2D eigenvalue weighted by atomic mass is 10.1. The maximum Gasteiger partial charge on any atom is 0.123 e. The van der Waals surface area contributed by atoms with Crippen molar-refractivity contribution in [3.63, 3.8) is 0 Å². The van der Waals surface area contributed by atoms with Crippen LogP contribution < -0.4 is 0 Å². The summed E-state index contributed by atoms with van der Waals surface area (Å²) >= 11 is 0. The van der Waals surface area contributed by atoms with Crippen LogP contribution in [0.4, 0.5) is 4.39 Å². The zero-order chi connectivity index (χ0) is 11.1. The van der Waals surface area contributed by atoms with E-state index in [1.54, 1.807) is 12.1 Å². The molecule has 0 radical (unpaired) electrons. The molecule has 1 unspecified atom stereocenters. The molecule has 2 nitrogen and oxygen atoms in total. The van der Waals surface area contributed by atoms with Crippen molar-refractivity contribution >= 4 is 0 Å². The zero-order valence-corrected chi connectivity index (χ0v) is 8.95. The van der Waals surface area contributed by atoms with Crippen molar-refractivity contribution in [1.29, 1.82) is 0 Å². The molecule has 0 amide bonds. The van der Waals surface area contributed by atoms with Gasteiger partial charge in [-0.1, -0.05) is 12.1 Å². The summed E-state index contributed by atoms with van der Waals surface area (Å²) in [4.78, 5) is 0. The van der Waals surface area contributed by atoms with Crippen LogP contribution in [0.1, 0.15) is 31.4 Å². The smallest absolute Gasteiger partial charge is 0.123 e. The van der Waals surface area contributed by atoms with Crippen molar-refractivity contribution in [2.75, 3.05) is 13.2 Å². The van der Waals surface area contributed by atoms with Crippen molar-refractivity contribution in [2.24, 2.45) is 0 Å². The summed E-state index contributed by atoms with van der Waals surface area (Å²) < 4.78 is 17.8. The molecule has 0 saturated heterocycles. The van der Waals surface area contributed by atoms with Crippen molar-refractivity contribution in [1.82, 2.24) is 0 Å². The minimum absolute atomic E-state index is 0.278. The van der Waals surface area contributed by atoms with E-state index in [2.05, 4.69) is 0 Å². The van der Waals surface area contributed by atoms with E-state index in [1.807, 2.05) is 6.92 Å². The molecule has 15 heavy (non-hydrogen) atoms. The van der Waals surface area contributed by atoms with Gasteiger partial charge < -0.3 is 9.84 Å². The second-order valence-corrected chi connectivity index (χ2v) is 3.41. The molecule has 0 heterocycles. The van der Waals surface area contributed by atoms with E-state index in [0.717, 1.165) is 12.0 Å². The van der Waals surface area contributed by atoms with E-state index in [9.17, 15) is 9.50 Å². The normalized spacial score (nSPS) is 12.7. The second kappa shape index (κ2) is 6.53. The molecule has 0 fully saturated rings. The highest BCUT2D eigenvalue weighted by Crippen LogP contribution is 2.18. The van der Waals surface area contributed by atoms with E-state index in [4.69, 9.17) is 4.74 Å². The fourth-order valence-electron chi connectivity index (χ4n) is 1.37. The fourth-order valence-corrected chi connectivity index (χ4v) is 1.37. The third-order valence-electron chi connectivity index (χ3n) is 2.23. The van der Waals surface area contributed by atoms with Gasteiger partial charge in [0.15, 0.2) is 0 Å². The van der Waals surface area contributed by atoms with Crippen LogP contribution in [-0.2, 0) is 4.74 Å². The van der Waals surface area contributed by atoms with Crippen LogP contribution in [0.15, 0.2) is 24.3 Å². The van der Waals surface area contributed by atoms with Crippen LogP contribution in [0, 0.1) is 5.82 Å². The molecule has 0 aliphatic carbocycles. The molecule has 0 aliphatic rings. The third-order valence-corrected chi connectivity index (χ3v) is 2.23. The van der Waals surface area contributed by atoms with Crippen LogP contribution >= 0.6 is 0 Å². The zero-order valence-electron chi connectivity index (χ0n) is 8.95. The van der Waals surface area contributed by atoms with Crippen LogP contribution in [0.3, 0.4) is 0 Å². The Hall–Kier alpha value is -0.930. The number of benzene rings is 1. The standard InChI is InChI=1S/C12H17FO2/c1-2-15-9-3-4-12(14)10-5-7-11(13)8-6-10/h5-8,12,14H,2-4,9H2,1H3. The molecule has 0 aliphatic heterocycles. The van der Waals surface area contributed by atoms with Gasteiger partial charge in [0.1, 0.15) is 5.82 Å². The first-order valence-corrected chi connectivity index (χ1v) is 5.25. The van der Waals surface area contributed by atoms with Gasteiger partial charge in [-0.05, 0) is 37.5 Å². The minimum Gasteiger partial charge on any atom is -0.388 e. The topological polar surface area (TPSA) is 29.5 Å². The van der Waals surface area contributed by atoms with Crippen molar-refractivity contribution in [3.05, 3.63) is 35.6 Å². The average Bonchev–Trinajstić information content (AvgIpc) is 2.25. The Labute approximate surface area is 89.7 Å². The highest BCUT2D eigenvalue weighted by molar-refractivity contribution is 5.18. The third kappa shape index (κ3) is 4.40. The van der Waals surface area contributed by atoms with E-state index >= 15 is 0 Å². The summed E-state index contributed by atoms with van der Waals surface area (Å²) in [5, 5.41) is 9.73. The lowest BCUT2D eigenvalue weighted by molar-refractivity contribution is 0.114. The first-order valence-electron chi connectivity index (χ1n) is 5.25. The molecule has 1 atom stereocenters. The van der Waals surface area contributed by atoms with Crippen molar-refractivity contribution < 1.29 is 14.2 Å². The molecule has 1 aromatic rings. The lowest BCUT2D eigenvalue weighted by Crippen LogP contribution is -2.01. The summed E-state index contributed by atoms with van der Waals surface area (Å²) in [6.07, 6.45) is 0.934. The Morgan fingerprint density at radius 3 is 2.60 bits per heavy atom. The molecule has 0 bridgehead atoms. The Kier molecular flexibility index (Phi) is 5.29. The molecule has 1 N–H and O–H groups in total. The predicted molar refractivity (Wildman–Crippen MR) is 57.1 cm³/mol. The van der Waals surface area contributed by atoms with Gasteiger partial charge in [0.05, 0.1) is 6.10 Å². The molecule has 1 aromatic carbocycles. The van der Waals surface area contributed by atoms with Gasteiger partial charge in [0, 0.05) is 13.2 Å². The molecule has 1 rings (SSSR count). The summed E-state index contributed by atoms with van der Waals surface area (Å²) in [6, 6.07) is 5.95. The van der Waals surface area contributed by atoms with Crippen LogP contribution in [0.5, 0.6) is 0 Å². The van der Waals surface area contributed by atoms with Crippen molar-refractivity contribution in [3.8, 4) is 0 Å². The summed E-state index contributed by atoms with van der Waals surface area (Å²) in [6.45, 7) is 3.30. The molecule has 0 saturated carbocycles. The van der Waals surface area contributed by atoms with Crippen LogP contribution in [0.2, 0.25) is 0 Å². The van der Waals surface area contributed by atoms with Gasteiger partial charge >= 0.3 is 0 Å². The van der Waals surface area contributed by atoms with Crippen molar-refractivity contribution in [2.45, 2.75) is 25.9 Å².